The minimum Gasteiger partial charge on any atom is -0.481 e. The summed E-state index contributed by atoms with van der Waals surface area (Å²) in [6.45, 7) is 0. The summed E-state index contributed by atoms with van der Waals surface area (Å²) in [7, 11) is 0. The molecule has 0 aliphatic carbocycles. The molecule has 0 saturated heterocycles. The highest BCUT2D eigenvalue weighted by Gasteiger charge is 2.12. The van der Waals surface area contributed by atoms with Gasteiger partial charge < -0.3 is 5.11 Å². The normalized spacial score (nSPS) is 12.4. The predicted molar refractivity (Wildman–Crippen MR) is 66.5 cm³/mol. The number of carboxylic acid groups (broad SMARTS) is 1. The Morgan fingerprint density at radius 3 is 2.62 bits per heavy atom. The van der Waals surface area contributed by atoms with Crippen LogP contribution in [0.15, 0.2) is 18.2 Å². The predicted octanol–water partition coefficient (Wildman–Crippen LogP) is 4.53. The Labute approximate surface area is 109 Å². The highest BCUT2D eigenvalue weighted by atomic mass is 35.5. The van der Waals surface area contributed by atoms with Crippen LogP contribution in [-0.2, 0) is 4.79 Å². The van der Waals surface area contributed by atoms with Crippen molar-refractivity contribution in [1.82, 2.24) is 0 Å². The number of benzene rings is 1. The lowest BCUT2D eigenvalue weighted by molar-refractivity contribution is -0.137. The third-order valence-corrected chi connectivity index (χ3v) is 3.16. The molecule has 1 N–H and O–H groups in total. The first-order valence-electron chi connectivity index (χ1n) is 4.81. The molecule has 0 radical (unpaired) electrons. The Kier molecular flexibility index (Phi) is 5.39. The monoisotopic (exact) mass is 280 g/mol. The van der Waals surface area contributed by atoms with Crippen LogP contribution in [0.2, 0.25) is 10.0 Å². The molecule has 1 aromatic carbocycles. The third kappa shape index (κ3) is 4.20. The fraction of sp³-hybridized carbons (Fsp3) is 0.364. The van der Waals surface area contributed by atoms with E-state index in [2.05, 4.69) is 0 Å². The van der Waals surface area contributed by atoms with Crippen LogP contribution in [0.4, 0.5) is 0 Å². The highest BCUT2D eigenvalue weighted by molar-refractivity contribution is 6.35. The van der Waals surface area contributed by atoms with Gasteiger partial charge in [0.05, 0.1) is 5.38 Å². The first kappa shape index (κ1) is 13.6. The van der Waals surface area contributed by atoms with Crippen molar-refractivity contribution < 1.29 is 9.90 Å². The third-order valence-electron chi connectivity index (χ3n) is 2.15. The van der Waals surface area contributed by atoms with Crippen LogP contribution in [-0.4, -0.2) is 11.1 Å². The van der Waals surface area contributed by atoms with Crippen molar-refractivity contribution in [2.24, 2.45) is 0 Å². The van der Waals surface area contributed by atoms with Crippen molar-refractivity contribution in [3.05, 3.63) is 33.8 Å². The molecular weight excluding hydrogens is 270 g/mol. The fourth-order valence-electron chi connectivity index (χ4n) is 1.34. The van der Waals surface area contributed by atoms with Gasteiger partial charge in [0.2, 0.25) is 0 Å². The lowest BCUT2D eigenvalue weighted by Crippen LogP contribution is -1.97. The lowest BCUT2D eigenvalue weighted by atomic mass is 10.1. The van der Waals surface area contributed by atoms with Crippen molar-refractivity contribution >= 4 is 40.8 Å². The molecular formula is C11H11Cl3O2. The molecule has 0 aromatic heterocycles. The molecule has 1 rings (SSSR count). The molecule has 0 aliphatic rings. The van der Waals surface area contributed by atoms with Crippen molar-refractivity contribution in [1.29, 1.82) is 0 Å². The average Bonchev–Trinajstić information content (AvgIpc) is 2.16. The molecule has 1 aromatic rings. The van der Waals surface area contributed by atoms with Gasteiger partial charge in [-0.2, -0.15) is 0 Å². The van der Waals surface area contributed by atoms with E-state index >= 15 is 0 Å². The molecule has 0 fully saturated rings. The molecule has 0 heterocycles. The number of alkyl halides is 1. The first-order valence-corrected chi connectivity index (χ1v) is 6.00. The standard InChI is InChI=1S/C11H11Cl3O2/c12-7-4-5-8(10(14)6-7)9(13)2-1-3-11(15)16/h4-6,9H,1-3H2,(H,15,16). The average molecular weight is 282 g/mol. The number of aliphatic carboxylic acids is 1. The number of carbonyl (C=O) groups is 1. The topological polar surface area (TPSA) is 37.3 Å². The van der Waals surface area contributed by atoms with Gasteiger partial charge >= 0.3 is 5.97 Å². The molecule has 1 unspecified atom stereocenters. The molecule has 0 spiro atoms. The van der Waals surface area contributed by atoms with E-state index in [9.17, 15) is 4.79 Å². The molecule has 88 valence electrons. The number of hydrogen-bond donors (Lipinski definition) is 1. The Hall–Kier alpha value is -0.440. The summed E-state index contributed by atoms with van der Waals surface area (Å²) in [5.74, 6) is -0.814. The summed E-state index contributed by atoms with van der Waals surface area (Å²) in [4.78, 5) is 10.3. The lowest BCUT2D eigenvalue weighted by Gasteiger charge is -2.11. The zero-order valence-electron chi connectivity index (χ0n) is 8.42. The van der Waals surface area contributed by atoms with Crippen LogP contribution in [0.25, 0.3) is 0 Å². The van der Waals surface area contributed by atoms with Crippen molar-refractivity contribution in [3.63, 3.8) is 0 Å². The van der Waals surface area contributed by atoms with Crippen LogP contribution in [0, 0.1) is 0 Å². The molecule has 16 heavy (non-hydrogen) atoms. The molecule has 1 atom stereocenters. The van der Waals surface area contributed by atoms with E-state index in [1.165, 1.54) is 0 Å². The van der Waals surface area contributed by atoms with Gasteiger partial charge in [-0.05, 0) is 30.5 Å². The van der Waals surface area contributed by atoms with E-state index in [1.54, 1.807) is 18.2 Å². The Bertz CT molecular complexity index is 379. The largest absolute Gasteiger partial charge is 0.481 e. The van der Waals surface area contributed by atoms with E-state index < -0.39 is 5.97 Å². The summed E-state index contributed by atoms with van der Waals surface area (Å²) in [6, 6.07) is 5.11. The Morgan fingerprint density at radius 1 is 1.38 bits per heavy atom. The second-order valence-corrected chi connectivity index (χ2v) is 4.79. The zero-order valence-corrected chi connectivity index (χ0v) is 10.7. The van der Waals surface area contributed by atoms with Crippen molar-refractivity contribution in [2.75, 3.05) is 0 Å². The maximum absolute atomic E-state index is 10.3. The number of rotatable bonds is 5. The van der Waals surface area contributed by atoms with Gasteiger partial charge in [0.25, 0.3) is 0 Å². The quantitative estimate of drug-likeness (QED) is 0.805. The van der Waals surface area contributed by atoms with Gasteiger partial charge in [-0.3, -0.25) is 4.79 Å². The van der Waals surface area contributed by atoms with Crippen LogP contribution >= 0.6 is 34.8 Å². The second-order valence-electron chi connectivity index (χ2n) is 3.42. The minimum atomic E-state index is -0.814. The van der Waals surface area contributed by atoms with Gasteiger partial charge in [0.1, 0.15) is 0 Å². The fourth-order valence-corrected chi connectivity index (χ4v) is 2.28. The maximum atomic E-state index is 10.3. The molecule has 0 amide bonds. The molecule has 2 nitrogen and oxygen atoms in total. The smallest absolute Gasteiger partial charge is 0.303 e. The molecule has 5 heteroatoms. The maximum Gasteiger partial charge on any atom is 0.303 e. The van der Waals surface area contributed by atoms with Crippen molar-refractivity contribution in [2.45, 2.75) is 24.6 Å². The minimum absolute atomic E-state index is 0.119. The summed E-state index contributed by atoms with van der Waals surface area (Å²) in [6.07, 6.45) is 1.23. The van der Waals surface area contributed by atoms with Gasteiger partial charge in [0, 0.05) is 16.5 Å². The van der Waals surface area contributed by atoms with Crippen molar-refractivity contribution in [3.8, 4) is 0 Å². The Balaban J connectivity index is 2.58. The zero-order chi connectivity index (χ0) is 12.1. The van der Waals surface area contributed by atoms with E-state index in [-0.39, 0.29) is 11.8 Å². The van der Waals surface area contributed by atoms with E-state index in [0.29, 0.717) is 22.9 Å². The van der Waals surface area contributed by atoms with Crippen LogP contribution in [0.5, 0.6) is 0 Å². The molecule has 0 aliphatic heterocycles. The van der Waals surface area contributed by atoms with Gasteiger partial charge in [-0.25, -0.2) is 0 Å². The molecule has 0 saturated carbocycles. The van der Waals surface area contributed by atoms with Gasteiger partial charge in [-0.1, -0.05) is 29.3 Å². The number of hydrogen-bond acceptors (Lipinski definition) is 1. The highest BCUT2D eigenvalue weighted by Crippen LogP contribution is 2.33. The molecule has 0 bridgehead atoms. The van der Waals surface area contributed by atoms with E-state index in [1.807, 2.05) is 0 Å². The van der Waals surface area contributed by atoms with Crippen LogP contribution in [0.1, 0.15) is 30.2 Å². The first-order chi connectivity index (χ1) is 7.50. The van der Waals surface area contributed by atoms with E-state index in [0.717, 1.165) is 5.56 Å². The van der Waals surface area contributed by atoms with Crippen LogP contribution < -0.4 is 0 Å². The summed E-state index contributed by atoms with van der Waals surface area (Å²) >= 11 is 17.9. The van der Waals surface area contributed by atoms with Gasteiger partial charge in [0.15, 0.2) is 0 Å². The SMILES string of the molecule is O=C(O)CCCC(Cl)c1ccc(Cl)cc1Cl. The summed E-state index contributed by atoms with van der Waals surface area (Å²) < 4.78 is 0. The van der Waals surface area contributed by atoms with E-state index in [4.69, 9.17) is 39.9 Å². The Morgan fingerprint density at radius 2 is 2.06 bits per heavy atom. The number of carboxylic acids is 1. The second kappa shape index (κ2) is 6.33. The van der Waals surface area contributed by atoms with Crippen LogP contribution in [0.3, 0.4) is 0 Å². The summed E-state index contributed by atoms with van der Waals surface area (Å²) in [5, 5.41) is 9.30. The number of halogens is 3. The van der Waals surface area contributed by atoms with Gasteiger partial charge in [-0.15, -0.1) is 11.6 Å². The summed E-state index contributed by atoms with van der Waals surface area (Å²) in [5.41, 5.74) is 0.790.